The molecule has 5 nitrogen and oxygen atoms in total. The molecule has 0 bridgehead atoms. The van der Waals surface area contributed by atoms with Gasteiger partial charge in [0.05, 0.1) is 0 Å². The maximum Gasteiger partial charge on any atom is 0.311 e. The minimum atomic E-state index is -1.01. The van der Waals surface area contributed by atoms with Gasteiger partial charge in [-0.2, -0.15) is 5.26 Å². The number of hydrogen-bond donors (Lipinski definition) is 0. The van der Waals surface area contributed by atoms with Gasteiger partial charge in [-0.05, 0) is 66.4 Å². The fourth-order valence-corrected chi connectivity index (χ4v) is 4.40. The summed E-state index contributed by atoms with van der Waals surface area (Å²) < 4.78 is 66.0. The lowest BCUT2D eigenvalue weighted by atomic mass is 10.1. The molecule has 0 amide bonds. The first-order valence-corrected chi connectivity index (χ1v) is 13.9. The molecule has 0 unspecified atom stereocenters. The number of esters is 2. The van der Waals surface area contributed by atoms with E-state index in [0.29, 0.717) is 29.7 Å². The van der Waals surface area contributed by atoms with Gasteiger partial charge in [0.1, 0.15) is 40.6 Å². The lowest BCUT2D eigenvalue weighted by Crippen LogP contribution is -2.08. The van der Waals surface area contributed by atoms with Gasteiger partial charge in [-0.1, -0.05) is 43.5 Å². The molecule has 44 heavy (non-hydrogen) atoms. The number of rotatable bonds is 12. The van der Waals surface area contributed by atoms with E-state index in [1.54, 1.807) is 12.1 Å². The lowest BCUT2D eigenvalue weighted by Gasteiger charge is -2.08. The van der Waals surface area contributed by atoms with Gasteiger partial charge in [-0.3, -0.25) is 9.59 Å². The molecular formula is C35H27F4NO4. The van der Waals surface area contributed by atoms with Crippen LogP contribution in [0.5, 0.6) is 11.5 Å². The van der Waals surface area contributed by atoms with Crippen LogP contribution < -0.4 is 9.47 Å². The second-order valence-electron chi connectivity index (χ2n) is 9.92. The Balaban J connectivity index is 1.11. The van der Waals surface area contributed by atoms with Crippen LogP contribution in [0.15, 0.2) is 102 Å². The van der Waals surface area contributed by atoms with Gasteiger partial charge in [-0.25, -0.2) is 17.6 Å². The molecule has 0 atom stereocenters. The van der Waals surface area contributed by atoms with Crippen molar-refractivity contribution in [1.82, 2.24) is 0 Å². The molecule has 4 rings (SSSR count). The van der Waals surface area contributed by atoms with Crippen molar-refractivity contribution in [2.24, 2.45) is 0 Å². The maximum absolute atomic E-state index is 14.5. The van der Waals surface area contributed by atoms with E-state index in [9.17, 15) is 27.2 Å². The van der Waals surface area contributed by atoms with Crippen molar-refractivity contribution < 1.29 is 36.6 Å². The SMILES string of the molecule is N#CC1=C(F)C=C=C(c2ccc(OC(=O)CCCCCCCC(=O)Oc3ccc(-c4ccc(F)cc4)c(F)c3)cc2)C=C1F. The highest BCUT2D eigenvalue weighted by atomic mass is 19.1. The van der Waals surface area contributed by atoms with Gasteiger partial charge in [0, 0.05) is 36.1 Å². The Morgan fingerprint density at radius 1 is 0.727 bits per heavy atom. The van der Waals surface area contributed by atoms with E-state index in [-0.39, 0.29) is 29.7 Å². The summed E-state index contributed by atoms with van der Waals surface area (Å²) in [5.41, 5.74) is 3.44. The third-order valence-corrected chi connectivity index (χ3v) is 6.70. The Morgan fingerprint density at radius 3 is 1.91 bits per heavy atom. The Kier molecular flexibility index (Phi) is 11.1. The van der Waals surface area contributed by atoms with Crippen LogP contribution in [0.2, 0.25) is 0 Å². The fourth-order valence-electron chi connectivity index (χ4n) is 4.40. The molecule has 3 aromatic carbocycles. The minimum absolute atomic E-state index is 0.0949. The van der Waals surface area contributed by atoms with E-state index in [1.165, 1.54) is 54.6 Å². The third-order valence-electron chi connectivity index (χ3n) is 6.70. The van der Waals surface area contributed by atoms with Crippen LogP contribution in [0, 0.1) is 23.0 Å². The Labute approximate surface area is 252 Å². The summed E-state index contributed by atoms with van der Waals surface area (Å²) >= 11 is 0. The van der Waals surface area contributed by atoms with E-state index in [2.05, 4.69) is 5.73 Å². The van der Waals surface area contributed by atoms with Crippen LogP contribution in [0.25, 0.3) is 16.7 Å². The number of unbranched alkanes of at least 4 members (excludes halogenated alkanes) is 4. The molecule has 9 heteroatoms. The first kappa shape index (κ1) is 31.7. The average molecular weight is 602 g/mol. The molecule has 0 N–H and O–H groups in total. The van der Waals surface area contributed by atoms with Gasteiger partial charge in [0.2, 0.25) is 0 Å². The summed E-state index contributed by atoms with van der Waals surface area (Å²) in [6.07, 6.45) is 5.77. The van der Waals surface area contributed by atoms with E-state index in [0.717, 1.165) is 37.5 Å². The van der Waals surface area contributed by atoms with E-state index >= 15 is 0 Å². The van der Waals surface area contributed by atoms with Crippen molar-refractivity contribution in [1.29, 1.82) is 5.26 Å². The van der Waals surface area contributed by atoms with Crippen LogP contribution in [0.4, 0.5) is 17.6 Å². The van der Waals surface area contributed by atoms with Crippen molar-refractivity contribution in [2.45, 2.75) is 44.9 Å². The number of halogens is 4. The minimum Gasteiger partial charge on any atom is -0.427 e. The molecule has 1 aliphatic carbocycles. The highest BCUT2D eigenvalue weighted by Crippen LogP contribution is 2.28. The predicted octanol–water partition coefficient (Wildman–Crippen LogP) is 9.03. The van der Waals surface area contributed by atoms with Crippen LogP contribution >= 0.6 is 0 Å². The summed E-state index contributed by atoms with van der Waals surface area (Å²) in [6.45, 7) is 0. The molecule has 1 aliphatic rings. The van der Waals surface area contributed by atoms with Gasteiger partial charge in [0.25, 0.3) is 0 Å². The molecule has 3 aromatic rings. The van der Waals surface area contributed by atoms with Crippen molar-refractivity contribution in [2.75, 3.05) is 0 Å². The number of nitriles is 1. The summed E-state index contributed by atoms with van der Waals surface area (Å²) in [4.78, 5) is 24.3. The number of benzene rings is 3. The van der Waals surface area contributed by atoms with Crippen LogP contribution in [0.1, 0.15) is 50.5 Å². The molecule has 0 aromatic heterocycles. The van der Waals surface area contributed by atoms with Crippen LogP contribution in [-0.2, 0) is 9.59 Å². The first-order chi connectivity index (χ1) is 21.2. The highest BCUT2D eigenvalue weighted by molar-refractivity contribution is 5.78. The zero-order valence-electron chi connectivity index (χ0n) is 23.5. The molecule has 0 saturated heterocycles. The summed E-state index contributed by atoms with van der Waals surface area (Å²) in [5, 5.41) is 8.89. The number of hydrogen-bond acceptors (Lipinski definition) is 5. The number of ether oxygens (including phenoxy) is 2. The van der Waals surface area contributed by atoms with Gasteiger partial charge in [-0.15, -0.1) is 5.73 Å². The Morgan fingerprint density at radius 2 is 1.30 bits per heavy atom. The number of carbonyl (C=O) groups is 2. The Hall–Kier alpha value is -5.19. The number of allylic oxidation sites excluding steroid dienone is 5. The summed E-state index contributed by atoms with van der Waals surface area (Å²) in [5.74, 6) is -3.50. The van der Waals surface area contributed by atoms with E-state index < -0.39 is 40.8 Å². The third kappa shape index (κ3) is 8.90. The number of carbonyl (C=O) groups excluding carboxylic acids is 2. The van der Waals surface area contributed by atoms with Crippen molar-refractivity contribution in [3.8, 4) is 28.7 Å². The smallest absolute Gasteiger partial charge is 0.311 e. The van der Waals surface area contributed by atoms with Gasteiger partial charge in [0.15, 0.2) is 5.83 Å². The van der Waals surface area contributed by atoms with Crippen LogP contribution in [-0.4, -0.2) is 11.9 Å². The topological polar surface area (TPSA) is 76.4 Å². The van der Waals surface area contributed by atoms with Crippen LogP contribution in [0.3, 0.4) is 0 Å². The lowest BCUT2D eigenvalue weighted by molar-refractivity contribution is -0.135. The second kappa shape index (κ2) is 15.3. The predicted molar refractivity (Wildman–Crippen MR) is 156 cm³/mol. The second-order valence-corrected chi connectivity index (χ2v) is 9.92. The van der Waals surface area contributed by atoms with Crippen molar-refractivity contribution in [3.05, 3.63) is 119 Å². The van der Waals surface area contributed by atoms with Gasteiger partial charge >= 0.3 is 11.9 Å². The monoisotopic (exact) mass is 601 g/mol. The van der Waals surface area contributed by atoms with Crippen molar-refractivity contribution in [3.63, 3.8) is 0 Å². The highest BCUT2D eigenvalue weighted by Gasteiger charge is 2.15. The fraction of sp³-hybridized carbons (Fsp3) is 0.200. The zero-order valence-corrected chi connectivity index (χ0v) is 23.5. The summed E-state index contributed by atoms with van der Waals surface area (Å²) in [7, 11) is 0. The molecule has 0 spiro atoms. The van der Waals surface area contributed by atoms with Gasteiger partial charge < -0.3 is 9.47 Å². The molecule has 0 radical (unpaired) electrons. The zero-order chi connectivity index (χ0) is 31.5. The largest absolute Gasteiger partial charge is 0.427 e. The molecule has 0 saturated carbocycles. The maximum atomic E-state index is 14.5. The number of nitrogens with zero attached hydrogens (tertiary/aromatic N) is 1. The standard InChI is InChI=1S/C35H27F4NO4/c36-26-13-8-24(9-14-26)29-18-17-28(21-33(29)39)44-35(42)7-5-3-1-2-4-6-34(41)43-27-15-10-23(11-16-27)25-12-19-31(37)30(22-40)32(38)20-25/h8-11,13-21H,1-7H2. The average Bonchev–Trinajstić information content (AvgIpc) is 3.14. The molecule has 0 aliphatic heterocycles. The summed E-state index contributed by atoms with van der Waals surface area (Å²) in [6, 6.07) is 17.2. The normalized spacial score (nSPS) is 12.6. The molecule has 0 fully saturated rings. The molecule has 0 heterocycles. The Bertz CT molecular complexity index is 1690. The molecular weight excluding hydrogens is 574 g/mol. The van der Waals surface area contributed by atoms with E-state index in [1.807, 2.05) is 0 Å². The molecule has 224 valence electrons. The quantitative estimate of drug-likeness (QED) is 0.0681. The van der Waals surface area contributed by atoms with E-state index in [4.69, 9.17) is 14.7 Å². The first-order valence-electron chi connectivity index (χ1n) is 13.9. The van der Waals surface area contributed by atoms with Crippen molar-refractivity contribution >= 4 is 17.5 Å².